The molecule has 2 aliphatic rings. The molecule has 0 aromatic heterocycles. The van der Waals surface area contributed by atoms with E-state index in [4.69, 9.17) is 4.74 Å². The molecule has 33 heavy (non-hydrogen) atoms. The molecule has 1 aliphatic carbocycles. The van der Waals surface area contributed by atoms with Crippen LogP contribution in [0.15, 0.2) is 77.7 Å². The van der Waals surface area contributed by atoms with Gasteiger partial charge in [0.1, 0.15) is 5.75 Å². The highest BCUT2D eigenvalue weighted by atomic mass is 32.2. The van der Waals surface area contributed by atoms with E-state index in [0.717, 1.165) is 34.5 Å². The van der Waals surface area contributed by atoms with E-state index < -0.39 is 10.0 Å². The van der Waals surface area contributed by atoms with Crippen molar-refractivity contribution in [3.05, 3.63) is 95.1 Å². The number of aryl methyl sites for hydroxylation is 2. The normalized spacial score (nSPS) is 21.1. The van der Waals surface area contributed by atoms with Crippen LogP contribution in [-0.4, -0.2) is 15.5 Å². The van der Waals surface area contributed by atoms with Crippen molar-refractivity contribution < 1.29 is 13.2 Å². The number of fused-ring (bicyclic) bond motifs is 3. The van der Waals surface area contributed by atoms with E-state index in [1.807, 2.05) is 56.3 Å². The van der Waals surface area contributed by atoms with Gasteiger partial charge in [-0.05, 0) is 90.9 Å². The molecule has 5 nitrogen and oxygen atoms in total. The first-order valence-electron chi connectivity index (χ1n) is 11.2. The molecule has 5 rings (SSSR count). The zero-order chi connectivity index (χ0) is 23.2. The Morgan fingerprint density at radius 1 is 0.970 bits per heavy atom. The topological polar surface area (TPSA) is 67.4 Å². The lowest BCUT2D eigenvalue weighted by atomic mass is 9.77. The molecule has 1 aliphatic heterocycles. The van der Waals surface area contributed by atoms with Crippen molar-refractivity contribution in [1.29, 1.82) is 0 Å². The number of anilines is 2. The van der Waals surface area contributed by atoms with Crippen molar-refractivity contribution in [3.63, 3.8) is 0 Å². The number of hydrogen-bond donors (Lipinski definition) is 2. The molecule has 0 saturated carbocycles. The first kappa shape index (κ1) is 21.6. The Kier molecular flexibility index (Phi) is 5.41. The average Bonchev–Trinajstić information content (AvgIpc) is 3.27. The molecule has 0 amide bonds. The van der Waals surface area contributed by atoms with E-state index in [0.29, 0.717) is 11.6 Å². The predicted molar refractivity (Wildman–Crippen MR) is 133 cm³/mol. The number of sulfonamides is 1. The van der Waals surface area contributed by atoms with Crippen LogP contribution in [0.4, 0.5) is 11.4 Å². The van der Waals surface area contributed by atoms with Crippen molar-refractivity contribution >= 4 is 21.4 Å². The van der Waals surface area contributed by atoms with E-state index in [-0.39, 0.29) is 16.9 Å². The Bertz CT molecular complexity index is 1310. The van der Waals surface area contributed by atoms with Gasteiger partial charge in [0.05, 0.1) is 18.0 Å². The van der Waals surface area contributed by atoms with Gasteiger partial charge in [0.2, 0.25) is 0 Å². The van der Waals surface area contributed by atoms with Gasteiger partial charge >= 0.3 is 0 Å². The molecular formula is C27H28N2O3S. The lowest BCUT2D eigenvalue weighted by Gasteiger charge is -2.37. The zero-order valence-corrected chi connectivity index (χ0v) is 19.8. The molecule has 0 fully saturated rings. The minimum atomic E-state index is -3.70. The van der Waals surface area contributed by atoms with Crippen LogP contribution in [0.3, 0.4) is 0 Å². The summed E-state index contributed by atoms with van der Waals surface area (Å²) in [4.78, 5) is 0.282. The Morgan fingerprint density at radius 3 is 2.39 bits per heavy atom. The molecule has 0 unspecified atom stereocenters. The third-order valence-corrected chi connectivity index (χ3v) is 7.97. The van der Waals surface area contributed by atoms with Crippen LogP contribution >= 0.6 is 0 Å². The maximum atomic E-state index is 13.2. The SMILES string of the molecule is COc1ccc([C@H]2Nc3ccc(S(=O)(=O)Nc4cc(C)cc(C)c4)cc3[C@H]3C=CC[C@H]32)cc1. The maximum absolute atomic E-state index is 13.2. The fraction of sp³-hybridized carbons (Fsp3) is 0.259. The van der Waals surface area contributed by atoms with Gasteiger partial charge in [-0.15, -0.1) is 0 Å². The molecule has 3 aromatic carbocycles. The largest absolute Gasteiger partial charge is 0.497 e. The van der Waals surface area contributed by atoms with Crippen LogP contribution in [-0.2, 0) is 10.0 Å². The number of hydrogen-bond acceptors (Lipinski definition) is 4. The third kappa shape index (κ3) is 4.11. The smallest absolute Gasteiger partial charge is 0.261 e. The molecule has 3 aromatic rings. The van der Waals surface area contributed by atoms with E-state index in [1.165, 1.54) is 5.56 Å². The van der Waals surface area contributed by atoms with Gasteiger partial charge < -0.3 is 10.1 Å². The van der Waals surface area contributed by atoms with E-state index in [2.05, 4.69) is 34.3 Å². The highest BCUT2D eigenvalue weighted by Gasteiger charge is 2.38. The summed E-state index contributed by atoms with van der Waals surface area (Å²) in [5.74, 6) is 1.34. The molecule has 0 saturated heterocycles. The van der Waals surface area contributed by atoms with Crippen molar-refractivity contribution in [3.8, 4) is 5.75 Å². The first-order valence-corrected chi connectivity index (χ1v) is 12.6. The standard InChI is InChI=1S/C27H28N2O3S/c1-17-13-18(2)15-20(14-17)29-33(30,31)22-11-12-26-25(16-22)23-5-4-6-24(23)27(28-26)19-7-9-21(32-3)10-8-19/h4-5,7-16,23-24,27-29H,6H2,1-3H3/t23-,24+,27+/m0/s1. The first-order chi connectivity index (χ1) is 15.8. The minimum Gasteiger partial charge on any atom is -0.497 e. The molecule has 2 N–H and O–H groups in total. The molecule has 0 bridgehead atoms. The van der Waals surface area contributed by atoms with Gasteiger partial charge in [-0.2, -0.15) is 0 Å². The van der Waals surface area contributed by atoms with Crippen LogP contribution in [0.2, 0.25) is 0 Å². The summed E-state index contributed by atoms with van der Waals surface area (Å²) in [5, 5.41) is 3.67. The fourth-order valence-electron chi connectivity index (χ4n) is 5.13. The minimum absolute atomic E-state index is 0.152. The van der Waals surface area contributed by atoms with Crippen LogP contribution < -0.4 is 14.8 Å². The number of rotatable bonds is 5. The highest BCUT2D eigenvalue weighted by Crippen LogP contribution is 2.50. The molecule has 0 spiro atoms. The van der Waals surface area contributed by atoms with Gasteiger partial charge in [-0.1, -0.05) is 30.4 Å². The van der Waals surface area contributed by atoms with Crippen LogP contribution in [0.5, 0.6) is 5.75 Å². The van der Waals surface area contributed by atoms with E-state index in [1.54, 1.807) is 13.2 Å². The fourth-order valence-corrected chi connectivity index (χ4v) is 6.20. The lowest BCUT2D eigenvalue weighted by molar-refractivity contribution is 0.411. The van der Waals surface area contributed by atoms with Gasteiger partial charge in [0.15, 0.2) is 0 Å². The summed E-state index contributed by atoms with van der Waals surface area (Å²) in [5.41, 5.74) is 5.84. The van der Waals surface area contributed by atoms with E-state index >= 15 is 0 Å². The second kappa shape index (κ2) is 8.27. The zero-order valence-electron chi connectivity index (χ0n) is 19.0. The van der Waals surface area contributed by atoms with Gasteiger partial charge in [-0.25, -0.2) is 8.42 Å². The Morgan fingerprint density at radius 2 is 1.70 bits per heavy atom. The second-order valence-electron chi connectivity index (χ2n) is 8.98. The van der Waals surface area contributed by atoms with Crippen LogP contribution in [0, 0.1) is 19.8 Å². The summed E-state index contributed by atoms with van der Waals surface area (Å²) in [6.07, 6.45) is 5.37. The number of ether oxygens (including phenoxy) is 1. The predicted octanol–water partition coefficient (Wildman–Crippen LogP) is 5.94. The molecule has 3 atom stereocenters. The number of methoxy groups -OCH3 is 1. The summed E-state index contributed by atoms with van der Waals surface area (Å²) in [6.45, 7) is 3.92. The number of nitrogens with one attached hydrogen (secondary N) is 2. The van der Waals surface area contributed by atoms with Crippen molar-refractivity contribution in [1.82, 2.24) is 0 Å². The quantitative estimate of drug-likeness (QED) is 0.463. The summed E-state index contributed by atoms with van der Waals surface area (Å²) >= 11 is 0. The van der Waals surface area contributed by atoms with Crippen molar-refractivity contribution in [2.24, 2.45) is 5.92 Å². The molecule has 6 heteroatoms. The average molecular weight is 461 g/mol. The number of allylic oxidation sites excluding steroid dienone is 2. The van der Waals surface area contributed by atoms with Gasteiger partial charge in [0, 0.05) is 17.3 Å². The van der Waals surface area contributed by atoms with Gasteiger partial charge in [0.25, 0.3) is 10.0 Å². The molecule has 0 radical (unpaired) electrons. The van der Waals surface area contributed by atoms with Crippen molar-refractivity contribution in [2.75, 3.05) is 17.1 Å². The second-order valence-corrected chi connectivity index (χ2v) is 10.7. The Hall–Kier alpha value is -3.25. The third-order valence-electron chi connectivity index (χ3n) is 6.59. The molecule has 1 heterocycles. The maximum Gasteiger partial charge on any atom is 0.261 e. The van der Waals surface area contributed by atoms with Crippen LogP contribution in [0.1, 0.15) is 40.6 Å². The number of benzene rings is 3. The summed E-state index contributed by atoms with van der Waals surface area (Å²) in [6, 6.07) is 19.4. The van der Waals surface area contributed by atoms with Gasteiger partial charge in [-0.3, -0.25) is 4.72 Å². The Balaban J connectivity index is 1.47. The lowest BCUT2D eigenvalue weighted by Crippen LogP contribution is -2.29. The molecular weight excluding hydrogens is 432 g/mol. The van der Waals surface area contributed by atoms with Crippen molar-refractivity contribution in [2.45, 2.75) is 37.1 Å². The van der Waals surface area contributed by atoms with E-state index in [9.17, 15) is 8.42 Å². The summed E-state index contributed by atoms with van der Waals surface area (Å²) in [7, 11) is -2.03. The highest BCUT2D eigenvalue weighted by molar-refractivity contribution is 7.92. The Labute approximate surface area is 195 Å². The molecule has 170 valence electrons. The summed E-state index contributed by atoms with van der Waals surface area (Å²) < 4.78 is 34.4. The monoisotopic (exact) mass is 460 g/mol. The van der Waals surface area contributed by atoms with Crippen LogP contribution in [0.25, 0.3) is 0 Å².